The molecule has 80 heavy (non-hydrogen) atoms. The summed E-state index contributed by atoms with van der Waals surface area (Å²) in [6.45, 7) is 8.96. The highest BCUT2D eigenvalue weighted by Crippen LogP contribution is 2.44. The second-order valence-corrected chi connectivity index (χ2v) is 25.6. The van der Waals surface area contributed by atoms with Gasteiger partial charge in [-0.05, 0) is 48.6 Å². The first-order valence-corrected chi connectivity index (χ1v) is 32.7. The number of aryl methyl sites for hydroxylation is 8. The number of hydrogen-bond donors (Lipinski definition) is 0. The first-order chi connectivity index (χ1) is 37.4. The standard InChI is InChI=1S/C16H10O12S4.4C10H19N2/c17-29(18,19)11-5-13(31(23,24)25)9-3-4-10-14(32(26,27)28)6-12(30(20,21)22)8-2-1-7(11)15(9)16(8)10;4*1-4-5-6-7-10-11(2)8-9-12(10)3/h1-6H,(H,17,18,19)(H,20,21,22)(H,23,24,25)(H,26,27,28);4*8-9H,4-7H2,1-3H3/q;4*+1/p-4. The molecule has 0 saturated heterocycles. The van der Waals surface area contributed by atoms with Crippen molar-refractivity contribution in [2.45, 2.75) is 150 Å². The van der Waals surface area contributed by atoms with Gasteiger partial charge in [-0.25, -0.2) is 70.2 Å². The number of imidazole rings is 4. The smallest absolute Gasteiger partial charge is 0.255 e. The highest BCUT2D eigenvalue weighted by Gasteiger charge is 2.25. The van der Waals surface area contributed by atoms with Gasteiger partial charge in [0.1, 0.15) is 90.0 Å². The lowest BCUT2D eigenvalue weighted by Gasteiger charge is -2.23. The number of unbranched alkanes of at least 4 members (excludes halogenated alkanes) is 8. The molecule has 4 aromatic heterocycles. The van der Waals surface area contributed by atoms with Gasteiger partial charge in [0.25, 0.3) is 23.3 Å². The first-order valence-electron chi connectivity index (χ1n) is 27.1. The summed E-state index contributed by atoms with van der Waals surface area (Å²) in [5.41, 5.74) is 0. The molecule has 0 fully saturated rings. The molecule has 20 nitrogen and oxygen atoms in total. The van der Waals surface area contributed by atoms with Gasteiger partial charge in [0.15, 0.2) is 0 Å². The number of hydrogen-bond acceptors (Lipinski definition) is 12. The summed E-state index contributed by atoms with van der Waals surface area (Å²) in [4.78, 5) is -4.63. The summed E-state index contributed by atoms with van der Waals surface area (Å²) in [6, 6.07) is 4.27. The highest BCUT2D eigenvalue weighted by atomic mass is 32.2. The molecule has 0 aliphatic rings. The Balaban J connectivity index is 0.000000238. The van der Waals surface area contributed by atoms with E-state index in [9.17, 15) is 51.9 Å². The molecule has 0 saturated carbocycles. The van der Waals surface area contributed by atoms with Crippen molar-refractivity contribution in [3.05, 3.63) is 109 Å². The quantitative estimate of drug-likeness (QED) is 0.0341. The molecule has 0 aliphatic heterocycles. The van der Waals surface area contributed by atoms with Crippen LogP contribution < -0.4 is 18.3 Å². The Bertz CT molecular complexity index is 3230. The third-order valence-electron chi connectivity index (χ3n) is 14.2. The first kappa shape index (κ1) is 66.9. The van der Waals surface area contributed by atoms with E-state index in [4.69, 9.17) is 0 Å². The molecule has 0 atom stereocenters. The lowest BCUT2D eigenvalue weighted by Crippen LogP contribution is -2.31. The molecule has 0 amide bonds. The molecule has 0 spiro atoms. The van der Waals surface area contributed by atoms with Gasteiger partial charge in [0.05, 0.1) is 76.0 Å². The number of benzene rings is 4. The van der Waals surface area contributed by atoms with Crippen molar-refractivity contribution in [2.24, 2.45) is 56.4 Å². The highest BCUT2D eigenvalue weighted by molar-refractivity contribution is 7.87. The maximum atomic E-state index is 11.8. The van der Waals surface area contributed by atoms with E-state index >= 15 is 0 Å². The molecule has 4 heterocycles. The summed E-state index contributed by atoms with van der Waals surface area (Å²) in [7, 11) is -4.70. The second-order valence-electron chi connectivity index (χ2n) is 20.2. The van der Waals surface area contributed by atoms with E-state index in [-0.39, 0.29) is 0 Å². The van der Waals surface area contributed by atoms with Crippen molar-refractivity contribution < 1.29 is 70.2 Å². The molecule has 24 heteroatoms. The minimum absolute atomic E-state index is 0.336. The largest absolute Gasteiger partial charge is 0.744 e. The van der Waals surface area contributed by atoms with Gasteiger partial charge >= 0.3 is 0 Å². The van der Waals surface area contributed by atoms with Crippen LogP contribution in [0.3, 0.4) is 0 Å². The molecule has 0 unspecified atom stereocenters. The van der Waals surface area contributed by atoms with E-state index < -0.39 is 92.4 Å². The van der Waals surface area contributed by atoms with Crippen LogP contribution in [0.4, 0.5) is 0 Å². The lowest BCUT2D eigenvalue weighted by molar-refractivity contribution is -0.678. The summed E-state index contributed by atoms with van der Waals surface area (Å²) >= 11 is 0. The van der Waals surface area contributed by atoms with Gasteiger partial charge in [-0.15, -0.1) is 0 Å². The fourth-order valence-corrected chi connectivity index (χ4v) is 12.7. The van der Waals surface area contributed by atoms with Crippen molar-refractivity contribution in [2.75, 3.05) is 0 Å². The van der Waals surface area contributed by atoms with Crippen LogP contribution in [0.15, 0.2) is 106 Å². The molecule has 8 aromatic rings. The SMILES string of the molecule is CCCCCc1n(C)cc[n+]1C.CCCCCc1n(C)cc[n+]1C.CCCCCc1n(C)cc[n+]1C.CCCCCc1n(C)cc[n+]1C.O=S(=O)([O-])c1cc(S(=O)(=O)[O-])c2ccc3c(S(=O)(=O)[O-])cc(S(=O)(=O)[O-])c4ccc1c2c43. The van der Waals surface area contributed by atoms with Gasteiger partial charge in [0.2, 0.25) is 0 Å². The van der Waals surface area contributed by atoms with Crippen LogP contribution >= 0.6 is 0 Å². The fraction of sp³-hybridized carbons (Fsp3) is 0.500. The van der Waals surface area contributed by atoms with Crippen LogP contribution in [0, 0.1) is 0 Å². The molecular weight excluding hydrogens is 1100 g/mol. The van der Waals surface area contributed by atoms with Gasteiger partial charge < -0.3 is 18.2 Å². The zero-order chi connectivity index (χ0) is 59.9. The maximum Gasteiger partial charge on any atom is 0.255 e. The Morgan fingerprint density at radius 3 is 0.675 bits per heavy atom. The Kier molecular flexibility index (Phi) is 24.6. The molecule has 442 valence electrons. The average molecular weight is 1190 g/mol. The monoisotopic (exact) mass is 1190 g/mol. The average Bonchev–Trinajstić information content (AvgIpc) is 3.41. The van der Waals surface area contributed by atoms with Gasteiger partial charge in [-0.2, -0.15) is 0 Å². The molecule has 0 radical (unpaired) electrons. The van der Waals surface area contributed by atoms with Crippen molar-refractivity contribution in [1.82, 2.24) is 18.3 Å². The van der Waals surface area contributed by atoms with Crippen molar-refractivity contribution in [3.63, 3.8) is 0 Å². The maximum absolute atomic E-state index is 11.8. The Morgan fingerprint density at radius 2 is 0.537 bits per heavy atom. The summed E-state index contributed by atoms with van der Waals surface area (Å²) in [5, 5.41) is -2.90. The van der Waals surface area contributed by atoms with Crippen molar-refractivity contribution in [3.8, 4) is 0 Å². The van der Waals surface area contributed by atoms with E-state index in [0.29, 0.717) is 12.1 Å². The van der Waals surface area contributed by atoms with Gasteiger partial charge in [0, 0.05) is 47.2 Å². The van der Waals surface area contributed by atoms with Crippen molar-refractivity contribution >= 4 is 72.8 Å². The minimum atomic E-state index is -5.40. The number of aromatic nitrogens is 8. The molecule has 0 N–H and O–H groups in total. The van der Waals surface area contributed by atoms with E-state index in [1.54, 1.807) is 0 Å². The predicted molar refractivity (Wildman–Crippen MR) is 301 cm³/mol. The Hall–Kier alpha value is -5.60. The zero-order valence-corrected chi connectivity index (χ0v) is 51.8. The van der Waals surface area contributed by atoms with E-state index in [2.05, 4.69) is 170 Å². The van der Waals surface area contributed by atoms with Crippen molar-refractivity contribution in [1.29, 1.82) is 0 Å². The molecular formula is C56H82N8O12S4. The van der Waals surface area contributed by atoms with E-state index in [1.807, 2.05) is 0 Å². The fourth-order valence-electron chi connectivity index (χ4n) is 9.72. The van der Waals surface area contributed by atoms with Gasteiger partial charge in [-0.3, -0.25) is 0 Å². The summed E-state index contributed by atoms with van der Waals surface area (Å²) < 4.78 is 159. The lowest BCUT2D eigenvalue weighted by atomic mass is 9.94. The molecule has 0 aliphatic carbocycles. The normalized spacial score (nSPS) is 11.9. The minimum Gasteiger partial charge on any atom is -0.744 e. The molecule has 8 rings (SSSR count). The van der Waals surface area contributed by atoms with Crippen LogP contribution in [0.1, 0.15) is 128 Å². The predicted octanol–water partition coefficient (Wildman–Crippen LogP) is 6.53. The Morgan fingerprint density at radius 1 is 0.350 bits per heavy atom. The van der Waals surface area contributed by atoms with Crippen LogP contribution in [0.5, 0.6) is 0 Å². The third kappa shape index (κ3) is 17.7. The second kappa shape index (κ2) is 29.4. The third-order valence-corrected chi connectivity index (χ3v) is 17.7. The van der Waals surface area contributed by atoms with Crippen LogP contribution in [-0.4, -0.2) is 70.2 Å². The van der Waals surface area contributed by atoms with E-state index in [0.717, 1.165) is 24.3 Å². The summed E-state index contributed by atoms with van der Waals surface area (Å²) in [6.07, 6.45) is 37.5. The molecule has 4 aromatic carbocycles. The Labute approximate surface area is 474 Å². The number of rotatable bonds is 20. The van der Waals surface area contributed by atoms with E-state index in [1.165, 1.54) is 126 Å². The topological polar surface area (TPSA) is 264 Å². The zero-order valence-electron chi connectivity index (χ0n) is 48.5. The molecule has 0 bridgehead atoms. The van der Waals surface area contributed by atoms with Gasteiger partial charge in [-0.1, -0.05) is 103 Å². The van der Waals surface area contributed by atoms with Crippen LogP contribution in [0.2, 0.25) is 0 Å². The number of nitrogens with zero attached hydrogens (tertiary/aromatic N) is 8. The van der Waals surface area contributed by atoms with Crippen LogP contribution in [-0.2, 0) is 123 Å². The summed E-state index contributed by atoms with van der Waals surface area (Å²) in [5.74, 6) is 5.68. The van der Waals surface area contributed by atoms with Crippen LogP contribution in [0.25, 0.3) is 32.3 Å².